The Kier molecular flexibility index (Phi) is 6.69. The quantitative estimate of drug-likeness (QED) is 0.470. The van der Waals surface area contributed by atoms with Crippen molar-refractivity contribution in [1.29, 1.82) is 0 Å². The SMILES string of the molecule is C=C(C)CCC[C@@H](CO)[C@H]1CC[C@H]2[C@@H]3CC[C@@H]4[C@H](O)[C@H](O)[C@@H](O)C[C@]4(C)[C@H]3CC[C@]12C. The van der Waals surface area contributed by atoms with Gasteiger partial charge in [0.1, 0.15) is 6.10 Å². The first-order valence-corrected chi connectivity index (χ1v) is 12.9. The van der Waals surface area contributed by atoms with Crippen LogP contribution in [0.4, 0.5) is 0 Å². The zero-order valence-corrected chi connectivity index (χ0v) is 20.0. The number of rotatable bonds is 6. The Labute approximate surface area is 189 Å². The predicted octanol–water partition coefficient (Wildman–Crippen LogP) is 4.30. The highest BCUT2D eigenvalue weighted by molar-refractivity contribution is 5.12. The summed E-state index contributed by atoms with van der Waals surface area (Å²) in [6, 6.07) is 0. The van der Waals surface area contributed by atoms with Gasteiger partial charge in [-0.15, -0.1) is 6.58 Å². The molecular weight excluding hydrogens is 388 g/mol. The Hall–Kier alpha value is -0.420. The number of aliphatic hydroxyl groups is 4. The molecule has 4 saturated carbocycles. The van der Waals surface area contributed by atoms with Crippen molar-refractivity contribution in [2.24, 2.45) is 46.3 Å². The second-order valence-corrected chi connectivity index (χ2v) is 12.3. The van der Waals surface area contributed by atoms with E-state index >= 15 is 0 Å². The molecule has 4 fully saturated rings. The summed E-state index contributed by atoms with van der Waals surface area (Å²) in [5, 5.41) is 41.8. The third-order valence-electron chi connectivity index (χ3n) is 10.8. The maximum atomic E-state index is 10.8. The van der Waals surface area contributed by atoms with E-state index in [1.165, 1.54) is 24.8 Å². The Balaban J connectivity index is 1.52. The van der Waals surface area contributed by atoms with Crippen molar-refractivity contribution in [3.05, 3.63) is 12.2 Å². The summed E-state index contributed by atoms with van der Waals surface area (Å²) < 4.78 is 0. The molecule has 0 unspecified atom stereocenters. The van der Waals surface area contributed by atoms with Gasteiger partial charge >= 0.3 is 0 Å². The molecule has 0 aromatic carbocycles. The molecule has 31 heavy (non-hydrogen) atoms. The van der Waals surface area contributed by atoms with Crippen LogP contribution in [0.15, 0.2) is 12.2 Å². The molecule has 0 amide bonds. The summed E-state index contributed by atoms with van der Waals surface area (Å²) in [6.45, 7) is 11.2. The van der Waals surface area contributed by atoms with Crippen molar-refractivity contribution in [2.75, 3.05) is 6.61 Å². The van der Waals surface area contributed by atoms with Crippen LogP contribution >= 0.6 is 0 Å². The third kappa shape index (κ3) is 3.84. The first-order valence-electron chi connectivity index (χ1n) is 12.9. The molecule has 0 radical (unpaired) electrons. The zero-order valence-electron chi connectivity index (χ0n) is 20.0. The standard InChI is InChI=1S/C27H46O4/c1-16(2)6-5-7-17(15-28)19-10-11-20-18-8-9-22-24(30)25(31)23(29)14-27(22,4)21(18)12-13-26(19,20)3/h17-25,28-31H,1,5-15H2,2-4H3/t17-,18-,19+,20-,21-,22+,23-,24-,25+,26+,27+/m0/s1. The lowest BCUT2D eigenvalue weighted by Gasteiger charge is -2.62. The zero-order chi connectivity index (χ0) is 22.6. The Bertz CT molecular complexity index is 664. The lowest BCUT2D eigenvalue weighted by atomic mass is 9.43. The van der Waals surface area contributed by atoms with E-state index in [4.69, 9.17) is 0 Å². The van der Waals surface area contributed by atoms with Gasteiger partial charge in [-0.05, 0) is 117 Å². The van der Waals surface area contributed by atoms with E-state index < -0.39 is 18.3 Å². The number of aliphatic hydroxyl groups excluding tert-OH is 4. The average Bonchev–Trinajstić information content (AvgIpc) is 3.06. The minimum absolute atomic E-state index is 0.0851. The molecule has 0 spiro atoms. The third-order valence-corrected chi connectivity index (χ3v) is 10.8. The molecule has 0 heterocycles. The van der Waals surface area contributed by atoms with Crippen LogP contribution in [0.3, 0.4) is 0 Å². The van der Waals surface area contributed by atoms with Gasteiger partial charge in [0.05, 0.1) is 12.2 Å². The molecule has 4 aliphatic rings. The molecule has 4 aliphatic carbocycles. The fourth-order valence-electron chi connectivity index (χ4n) is 9.29. The van der Waals surface area contributed by atoms with E-state index in [-0.39, 0.29) is 11.3 Å². The molecule has 0 saturated heterocycles. The van der Waals surface area contributed by atoms with Gasteiger partial charge in [0, 0.05) is 6.61 Å². The normalized spacial score (nSPS) is 50.3. The lowest BCUT2D eigenvalue weighted by molar-refractivity contribution is -0.208. The minimum Gasteiger partial charge on any atom is -0.396 e. The summed E-state index contributed by atoms with van der Waals surface area (Å²) >= 11 is 0. The molecule has 0 bridgehead atoms. The molecule has 4 heteroatoms. The van der Waals surface area contributed by atoms with Crippen molar-refractivity contribution in [3.63, 3.8) is 0 Å². The van der Waals surface area contributed by atoms with Crippen LogP contribution in [-0.4, -0.2) is 45.3 Å². The first-order chi connectivity index (χ1) is 14.6. The van der Waals surface area contributed by atoms with Crippen molar-refractivity contribution >= 4 is 0 Å². The summed E-state index contributed by atoms with van der Waals surface area (Å²) in [7, 11) is 0. The maximum absolute atomic E-state index is 10.8. The molecule has 0 aromatic rings. The summed E-state index contributed by atoms with van der Waals surface area (Å²) in [6.07, 6.45) is 8.22. The molecular formula is C27H46O4. The largest absolute Gasteiger partial charge is 0.396 e. The molecule has 4 N–H and O–H groups in total. The van der Waals surface area contributed by atoms with Crippen LogP contribution in [-0.2, 0) is 0 Å². The number of fused-ring (bicyclic) bond motifs is 5. The van der Waals surface area contributed by atoms with Crippen molar-refractivity contribution in [2.45, 2.75) is 103 Å². The van der Waals surface area contributed by atoms with Crippen LogP contribution in [0.2, 0.25) is 0 Å². The van der Waals surface area contributed by atoms with Gasteiger partial charge < -0.3 is 20.4 Å². The van der Waals surface area contributed by atoms with Crippen molar-refractivity contribution < 1.29 is 20.4 Å². The smallest absolute Gasteiger partial charge is 0.106 e. The van der Waals surface area contributed by atoms with Gasteiger partial charge in [-0.1, -0.05) is 19.4 Å². The second-order valence-electron chi connectivity index (χ2n) is 12.3. The molecule has 4 rings (SSSR count). The minimum atomic E-state index is -0.996. The highest BCUT2D eigenvalue weighted by Gasteiger charge is 2.63. The van der Waals surface area contributed by atoms with Crippen LogP contribution < -0.4 is 0 Å². The number of allylic oxidation sites excluding steroid dienone is 1. The molecule has 0 aromatic heterocycles. The van der Waals surface area contributed by atoms with Gasteiger partial charge in [-0.2, -0.15) is 0 Å². The fourth-order valence-corrected chi connectivity index (χ4v) is 9.29. The topological polar surface area (TPSA) is 80.9 Å². The van der Waals surface area contributed by atoms with Crippen molar-refractivity contribution in [3.8, 4) is 0 Å². The molecule has 4 nitrogen and oxygen atoms in total. The monoisotopic (exact) mass is 434 g/mol. The summed E-state index contributed by atoms with van der Waals surface area (Å²) in [5.41, 5.74) is 1.45. The number of hydrogen-bond donors (Lipinski definition) is 4. The van der Waals surface area contributed by atoms with E-state index in [9.17, 15) is 20.4 Å². The Morgan fingerprint density at radius 1 is 0.935 bits per heavy atom. The van der Waals surface area contributed by atoms with E-state index in [0.29, 0.717) is 48.0 Å². The summed E-state index contributed by atoms with van der Waals surface area (Å²) in [5.74, 6) is 2.95. The van der Waals surface area contributed by atoms with E-state index in [1.54, 1.807) is 0 Å². The fraction of sp³-hybridized carbons (Fsp3) is 0.926. The molecule has 178 valence electrons. The number of hydrogen-bond acceptors (Lipinski definition) is 4. The van der Waals surface area contributed by atoms with Crippen LogP contribution in [0.25, 0.3) is 0 Å². The first kappa shape index (κ1) is 23.7. The summed E-state index contributed by atoms with van der Waals surface area (Å²) in [4.78, 5) is 0. The predicted molar refractivity (Wildman–Crippen MR) is 123 cm³/mol. The lowest BCUT2D eigenvalue weighted by Crippen LogP contribution is -2.62. The van der Waals surface area contributed by atoms with Gasteiger partial charge in [0.2, 0.25) is 0 Å². The average molecular weight is 435 g/mol. The highest BCUT2D eigenvalue weighted by Crippen LogP contribution is 2.68. The van der Waals surface area contributed by atoms with Crippen LogP contribution in [0, 0.1) is 46.3 Å². The van der Waals surface area contributed by atoms with Crippen molar-refractivity contribution in [1.82, 2.24) is 0 Å². The van der Waals surface area contributed by atoms with Crippen LogP contribution in [0.1, 0.15) is 85.0 Å². The van der Waals surface area contributed by atoms with Gasteiger partial charge in [-0.3, -0.25) is 0 Å². The highest BCUT2D eigenvalue weighted by atomic mass is 16.4. The Morgan fingerprint density at radius 2 is 1.61 bits per heavy atom. The molecule has 0 aliphatic heterocycles. The maximum Gasteiger partial charge on any atom is 0.106 e. The van der Waals surface area contributed by atoms with Gasteiger partial charge in [0.25, 0.3) is 0 Å². The van der Waals surface area contributed by atoms with E-state index in [2.05, 4.69) is 27.4 Å². The second kappa shape index (κ2) is 8.74. The van der Waals surface area contributed by atoms with Gasteiger partial charge in [-0.25, -0.2) is 0 Å². The van der Waals surface area contributed by atoms with Crippen LogP contribution in [0.5, 0.6) is 0 Å². The molecule has 11 atom stereocenters. The Morgan fingerprint density at radius 3 is 2.29 bits per heavy atom. The van der Waals surface area contributed by atoms with E-state index in [0.717, 1.165) is 38.5 Å². The van der Waals surface area contributed by atoms with Gasteiger partial charge in [0.15, 0.2) is 0 Å². The van der Waals surface area contributed by atoms with E-state index in [1.807, 2.05) is 0 Å².